The van der Waals surface area contributed by atoms with Gasteiger partial charge in [0.1, 0.15) is 5.75 Å². The number of benzene rings is 1. The molecule has 1 aliphatic rings. The second-order valence-electron chi connectivity index (χ2n) is 8.05. The molecule has 0 radical (unpaired) electrons. The fourth-order valence-electron chi connectivity index (χ4n) is 3.89. The van der Waals surface area contributed by atoms with Crippen LogP contribution in [0.25, 0.3) is 0 Å². The highest BCUT2D eigenvalue weighted by Gasteiger charge is 2.19. The van der Waals surface area contributed by atoms with Gasteiger partial charge < -0.3 is 5.32 Å². The van der Waals surface area contributed by atoms with E-state index in [9.17, 15) is 13.2 Å². The standard InChI is InChI=1S/C22H36N2O3S/c1-3-4-10-15-28(26,27)18-22(25)23-16-19-11-8-9-12-20(19)17-24(2)21-13-6-5-7-14-21/h8-9,11-12,21H,3-7,10,13-18H2,1-2H3,(H,23,25). The monoisotopic (exact) mass is 408 g/mol. The zero-order valence-corrected chi connectivity index (χ0v) is 18.3. The average molecular weight is 409 g/mol. The Labute approximate surface area is 170 Å². The SMILES string of the molecule is CCCCCS(=O)(=O)CC(=O)NCc1ccccc1CN(C)C1CCCCC1. The highest BCUT2D eigenvalue weighted by Crippen LogP contribution is 2.23. The van der Waals surface area contributed by atoms with Crippen LogP contribution in [-0.4, -0.2) is 43.8 Å². The van der Waals surface area contributed by atoms with E-state index in [2.05, 4.69) is 23.3 Å². The Morgan fingerprint density at radius 3 is 2.46 bits per heavy atom. The van der Waals surface area contributed by atoms with Crippen LogP contribution >= 0.6 is 0 Å². The van der Waals surface area contributed by atoms with Crippen molar-refractivity contribution in [2.24, 2.45) is 0 Å². The molecule has 0 atom stereocenters. The van der Waals surface area contributed by atoms with Gasteiger partial charge in [0, 0.05) is 19.1 Å². The first-order chi connectivity index (χ1) is 13.4. The average Bonchev–Trinajstić information content (AvgIpc) is 2.67. The van der Waals surface area contributed by atoms with E-state index in [0.29, 0.717) is 19.0 Å². The number of nitrogens with one attached hydrogen (secondary N) is 1. The number of hydrogen-bond donors (Lipinski definition) is 1. The normalized spacial score (nSPS) is 15.7. The third-order valence-electron chi connectivity index (χ3n) is 5.62. The van der Waals surface area contributed by atoms with E-state index in [-0.39, 0.29) is 5.75 Å². The van der Waals surface area contributed by atoms with E-state index >= 15 is 0 Å². The molecular weight excluding hydrogens is 372 g/mol. The molecule has 28 heavy (non-hydrogen) atoms. The largest absolute Gasteiger partial charge is 0.351 e. The predicted octanol–water partition coefficient (Wildman–Crippen LogP) is 3.67. The molecular formula is C22H36N2O3S. The molecule has 0 aliphatic heterocycles. The minimum absolute atomic E-state index is 0.0943. The van der Waals surface area contributed by atoms with E-state index in [1.807, 2.05) is 25.1 Å². The molecule has 1 aromatic carbocycles. The molecule has 1 saturated carbocycles. The molecule has 0 aromatic heterocycles. The van der Waals surface area contributed by atoms with Gasteiger partial charge in [-0.25, -0.2) is 8.42 Å². The summed E-state index contributed by atoms with van der Waals surface area (Å²) in [6, 6.07) is 8.73. The minimum Gasteiger partial charge on any atom is -0.351 e. The van der Waals surface area contributed by atoms with Gasteiger partial charge in [-0.2, -0.15) is 0 Å². The lowest BCUT2D eigenvalue weighted by atomic mass is 9.94. The molecule has 1 fully saturated rings. The second-order valence-corrected chi connectivity index (χ2v) is 10.2. The summed E-state index contributed by atoms with van der Waals surface area (Å²) < 4.78 is 24.1. The lowest BCUT2D eigenvalue weighted by Crippen LogP contribution is -2.34. The number of carbonyl (C=O) groups is 1. The van der Waals surface area contributed by atoms with Gasteiger partial charge in [0.05, 0.1) is 5.75 Å². The summed E-state index contributed by atoms with van der Waals surface area (Å²) in [5, 5.41) is 2.80. The van der Waals surface area contributed by atoms with Crippen LogP contribution in [-0.2, 0) is 27.7 Å². The van der Waals surface area contributed by atoms with Crippen molar-refractivity contribution >= 4 is 15.7 Å². The maximum Gasteiger partial charge on any atom is 0.235 e. The van der Waals surface area contributed by atoms with Gasteiger partial charge in [-0.1, -0.05) is 63.3 Å². The van der Waals surface area contributed by atoms with Crippen molar-refractivity contribution in [1.82, 2.24) is 10.2 Å². The first-order valence-electron chi connectivity index (χ1n) is 10.7. The van der Waals surface area contributed by atoms with Crippen molar-refractivity contribution in [3.8, 4) is 0 Å². The van der Waals surface area contributed by atoms with Crippen LogP contribution in [0, 0.1) is 0 Å². The van der Waals surface area contributed by atoms with Crippen molar-refractivity contribution in [2.75, 3.05) is 18.6 Å². The summed E-state index contributed by atoms with van der Waals surface area (Å²) in [6.07, 6.45) is 8.93. The molecule has 1 aromatic rings. The summed E-state index contributed by atoms with van der Waals surface area (Å²) in [7, 11) is -1.15. The first-order valence-corrected chi connectivity index (χ1v) is 12.5. The third-order valence-corrected chi connectivity index (χ3v) is 7.23. The molecule has 0 saturated heterocycles. The van der Waals surface area contributed by atoms with Crippen LogP contribution in [0.5, 0.6) is 0 Å². The van der Waals surface area contributed by atoms with Crippen molar-refractivity contribution < 1.29 is 13.2 Å². The smallest absolute Gasteiger partial charge is 0.235 e. The van der Waals surface area contributed by atoms with Crippen molar-refractivity contribution in [2.45, 2.75) is 77.4 Å². The van der Waals surface area contributed by atoms with Crippen LogP contribution in [0.2, 0.25) is 0 Å². The Balaban J connectivity index is 1.87. The Bertz CT molecular complexity index is 712. The Morgan fingerprint density at radius 2 is 1.79 bits per heavy atom. The highest BCUT2D eigenvalue weighted by molar-refractivity contribution is 7.92. The van der Waals surface area contributed by atoms with Gasteiger partial charge in [0.2, 0.25) is 5.91 Å². The Morgan fingerprint density at radius 1 is 1.11 bits per heavy atom. The van der Waals surface area contributed by atoms with Gasteiger partial charge in [-0.05, 0) is 37.4 Å². The Kier molecular flexibility index (Phi) is 9.45. The fraction of sp³-hybridized carbons (Fsp3) is 0.682. The zero-order chi connectivity index (χ0) is 20.4. The van der Waals surface area contributed by atoms with Gasteiger partial charge in [0.25, 0.3) is 0 Å². The van der Waals surface area contributed by atoms with Gasteiger partial charge >= 0.3 is 0 Å². The highest BCUT2D eigenvalue weighted by atomic mass is 32.2. The third kappa shape index (κ3) is 7.92. The molecule has 158 valence electrons. The topological polar surface area (TPSA) is 66.5 Å². The summed E-state index contributed by atoms with van der Waals surface area (Å²) in [6.45, 7) is 3.26. The molecule has 6 heteroatoms. The van der Waals surface area contributed by atoms with Crippen molar-refractivity contribution in [3.63, 3.8) is 0 Å². The quantitative estimate of drug-likeness (QED) is 0.567. The van der Waals surface area contributed by atoms with Crippen LogP contribution in [0.4, 0.5) is 0 Å². The summed E-state index contributed by atoms with van der Waals surface area (Å²) in [4.78, 5) is 14.6. The van der Waals surface area contributed by atoms with E-state index in [0.717, 1.165) is 24.9 Å². The minimum atomic E-state index is -3.32. The zero-order valence-electron chi connectivity index (χ0n) is 17.5. The second kappa shape index (κ2) is 11.6. The molecule has 5 nitrogen and oxygen atoms in total. The lowest BCUT2D eigenvalue weighted by molar-refractivity contribution is -0.118. The van der Waals surface area contributed by atoms with Crippen molar-refractivity contribution in [3.05, 3.63) is 35.4 Å². The van der Waals surface area contributed by atoms with Gasteiger partial charge in [-0.15, -0.1) is 0 Å². The lowest BCUT2D eigenvalue weighted by Gasteiger charge is -2.31. The fourth-order valence-corrected chi connectivity index (χ4v) is 5.18. The Hall–Kier alpha value is -1.40. The summed E-state index contributed by atoms with van der Waals surface area (Å²) >= 11 is 0. The maximum absolute atomic E-state index is 12.1. The molecule has 0 spiro atoms. The molecule has 1 amide bonds. The molecule has 0 unspecified atom stereocenters. The molecule has 0 heterocycles. The molecule has 2 rings (SSSR count). The van der Waals surface area contributed by atoms with Crippen LogP contribution < -0.4 is 5.32 Å². The predicted molar refractivity (Wildman–Crippen MR) is 115 cm³/mol. The van der Waals surface area contributed by atoms with E-state index in [1.54, 1.807) is 0 Å². The van der Waals surface area contributed by atoms with Crippen LogP contribution in [0.15, 0.2) is 24.3 Å². The number of nitrogens with zero attached hydrogens (tertiary/aromatic N) is 1. The van der Waals surface area contributed by atoms with Crippen LogP contribution in [0.3, 0.4) is 0 Å². The maximum atomic E-state index is 12.1. The number of rotatable bonds is 11. The number of unbranched alkanes of at least 4 members (excludes halogenated alkanes) is 2. The molecule has 1 aliphatic carbocycles. The number of sulfone groups is 1. The van der Waals surface area contributed by atoms with E-state index < -0.39 is 21.5 Å². The van der Waals surface area contributed by atoms with Gasteiger partial charge in [-0.3, -0.25) is 9.69 Å². The number of amides is 1. The van der Waals surface area contributed by atoms with Crippen LogP contribution in [0.1, 0.15) is 69.4 Å². The van der Waals surface area contributed by atoms with E-state index in [1.165, 1.54) is 37.7 Å². The van der Waals surface area contributed by atoms with Gasteiger partial charge in [0.15, 0.2) is 9.84 Å². The summed E-state index contributed by atoms with van der Waals surface area (Å²) in [5.74, 6) is -0.732. The molecule has 0 bridgehead atoms. The number of carbonyl (C=O) groups excluding carboxylic acids is 1. The summed E-state index contributed by atoms with van der Waals surface area (Å²) in [5.41, 5.74) is 2.25. The number of hydrogen-bond acceptors (Lipinski definition) is 4. The molecule has 1 N–H and O–H groups in total. The van der Waals surface area contributed by atoms with Crippen molar-refractivity contribution in [1.29, 1.82) is 0 Å². The first kappa shape index (κ1) is 22.9. The van der Waals surface area contributed by atoms with E-state index in [4.69, 9.17) is 0 Å².